The molecule has 0 radical (unpaired) electrons. The van der Waals surface area contributed by atoms with Crippen LogP contribution in [0.2, 0.25) is 5.15 Å². The Bertz CT molecular complexity index is 568. The zero-order chi connectivity index (χ0) is 12.6. The SMILES string of the molecule is COc1ccc(-c2nc(N)n(C)c2Cl)cc1F. The number of nitrogens with two attached hydrogens (primary N) is 1. The lowest BCUT2D eigenvalue weighted by Gasteiger charge is -2.03. The minimum Gasteiger partial charge on any atom is -0.494 e. The van der Waals surface area contributed by atoms with Crippen LogP contribution in [0.25, 0.3) is 11.3 Å². The quantitative estimate of drug-likeness (QED) is 0.897. The predicted molar refractivity (Wildman–Crippen MR) is 64.6 cm³/mol. The molecule has 17 heavy (non-hydrogen) atoms. The number of halogens is 2. The summed E-state index contributed by atoms with van der Waals surface area (Å²) in [4.78, 5) is 4.08. The molecule has 2 rings (SSSR count). The first-order chi connectivity index (χ1) is 8.04. The number of nitrogen functional groups attached to an aromatic ring is 1. The third-order valence-corrected chi connectivity index (χ3v) is 2.92. The van der Waals surface area contributed by atoms with Crippen molar-refractivity contribution in [3.05, 3.63) is 29.2 Å². The number of rotatable bonds is 2. The van der Waals surface area contributed by atoms with Crippen LogP contribution in [0.4, 0.5) is 10.3 Å². The van der Waals surface area contributed by atoms with Crippen molar-refractivity contribution in [1.29, 1.82) is 0 Å². The van der Waals surface area contributed by atoms with E-state index in [1.807, 2.05) is 0 Å². The highest BCUT2D eigenvalue weighted by molar-refractivity contribution is 6.32. The van der Waals surface area contributed by atoms with Gasteiger partial charge in [0.1, 0.15) is 10.8 Å². The Morgan fingerprint density at radius 3 is 2.65 bits per heavy atom. The molecule has 0 bridgehead atoms. The Morgan fingerprint density at radius 1 is 1.47 bits per heavy atom. The van der Waals surface area contributed by atoms with Gasteiger partial charge in [0, 0.05) is 12.6 Å². The van der Waals surface area contributed by atoms with Gasteiger partial charge in [-0.05, 0) is 18.2 Å². The van der Waals surface area contributed by atoms with Crippen LogP contribution < -0.4 is 10.5 Å². The summed E-state index contributed by atoms with van der Waals surface area (Å²) in [6.07, 6.45) is 0. The Balaban J connectivity index is 2.53. The molecule has 0 spiro atoms. The van der Waals surface area contributed by atoms with E-state index >= 15 is 0 Å². The van der Waals surface area contributed by atoms with Crippen molar-refractivity contribution in [1.82, 2.24) is 9.55 Å². The second kappa shape index (κ2) is 4.25. The maximum atomic E-state index is 13.5. The van der Waals surface area contributed by atoms with E-state index in [-0.39, 0.29) is 11.7 Å². The molecule has 0 aliphatic carbocycles. The molecule has 1 heterocycles. The average Bonchev–Trinajstić information content (AvgIpc) is 2.57. The Kier molecular flexibility index (Phi) is 2.93. The lowest BCUT2D eigenvalue weighted by Crippen LogP contribution is -1.96. The summed E-state index contributed by atoms with van der Waals surface area (Å²) in [5.41, 5.74) is 6.63. The fourth-order valence-corrected chi connectivity index (χ4v) is 1.73. The van der Waals surface area contributed by atoms with Gasteiger partial charge in [-0.1, -0.05) is 11.6 Å². The molecule has 0 aliphatic heterocycles. The molecular weight excluding hydrogens is 245 g/mol. The normalized spacial score (nSPS) is 10.6. The van der Waals surface area contributed by atoms with Gasteiger partial charge in [-0.2, -0.15) is 0 Å². The molecule has 2 aromatic rings. The Morgan fingerprint density at radius 2 is 2.18 bits per heavy atom. The van der Waals surface area contributed by atoms with E-state index in [4.69, 9.17) is 22.1 Å². The van der Waals surface area contributed by atoms with E-state index in [1.165, 1.54) is 23.8 Å². The Labute approximate surface area is 103 Å². The second-order valence-corrected chi connectivity index (χ2v) is 3.88. The highest BCUT2D eigenvalue weighted by atomic mass is 35.5. The number of benzene rings is 1. The van der Waals surface area contributed by atoms with Crippen molar-refractivity contribution in [2.45, 2.75) is 0 Å². The number of aromatic nitrogens is 2. The number of hydrogen-bond acceptors (Lipinski definition) is 3. The average molecular weight is 256 g/mol. The van der Waals surface area contributed by atoms with E-state index in [9.17, 15) is 4.39 Å². The molecule has 90 valence electrons. The zero-order valence-electron chi connectivity index (χ0n) is 9.37. The first-order valence-electron chi connectivity index (χ1n) is 4.86. The summed E-state index contributed by atoms with van der Waals surface area (Å²) in [5.74, 6) is -0.0136. The van der Waals surface area contributed by atoms with Crippen LogP contribution in [-0.2, 0) is 7.05 Å². The van der Waals surface area contributed by atoms with E-state index in [2.05, 4.69) is 4.98 Å². The van der Waals surface area contributed by atoms with Gasteiger partial charge in [0.2, 0.25) is 5.95 Å². The fourth-order valence-electron chi connectivity index (χ4n) is 1.49. The van der Waals surface area contributed by atoms with E-state index in [0.717, 1.165) is 0 Å². The van der Waals surface area contributed by atoms with Crippen LogP contribution in [0.1, 0.15) is 0 Å². The van der Waals surface area contributed by atoms with Crippen molar-refractivity contribution < 1.29 is 9.13 Å². The summed E-state index contributed by atoms with van der Waals surface area (Å²) >= 11 is 6.04. The van der Waals surface area contributed by atoms with E-state index in [0.29, 0.717) is 16.4 Å². The van der Waals surface area contributed by atoms with Crippen LogP contribution >= 0.6 is 11.6 Å². The molecule has 0 saturated heterocycles. The van der Waals surface area contributed by atoms with E-state index in [1.54, 1.807) is 13.1 Å². The molecule has 0 saturated carbocycles. The number of nitrogens with zero attached hydrogens (tertiary/aromatic N) is 2. The summed E-state index contributed by atoms with van der Waals surface area (Å²) in [5, 5.41) is 0.368. The van der Waals surface area contributed by atoms with Crippen molar-refractivity contribution in [3.8, 4) is 17.0 Å². The van der Waals surface area contributed by atoms with Gasteiger partial charge < -0.3 is 15.0 Å². The third kappa shape index (κ3) is 1.93. The number of methoxy groups -OCH3 is 1. The van der Waals surface area contributed by atoms with Crippen molar-refractivity contribution in [2.75, 3.05) is 12.8 Å². The maximum absolute atomic E-state index is 13.5. The van der Waals surface area contributed by atoms with Gasteiger partial charge in [-0.25, -0.2) is 9.37 Å². The molecule has 2 N–H and O–H groups in total. The fraction of sp³-hybridized carbons (Fsp3) is 0.182. The highest BCUT2D eigenvalue weighted by Gasteiger charge is 2.14. The molecule has 4 nitrogen and oxygen atoms in total. The minimum atomic E-state index is -0.467. The molecule has 0 atom stereocenters. The number of ether oxygens (including phenoxy) is 1. The van der Waals surface area contributed by atoms with Gasteiger partial charge >= 0.3 is 0 Å². The zero-order valence-corrected chi connectivity index (χ0v) is 10.1. The second-order valence-electron chi connectivity index (χ2n) is 3.52. The van der Waals surface area contributed by atoms with Gasteiger partial charge in [-0.3, -0.25) is 0 Å². The largest absolute Gasteiger partial charge is 0.494 e. The molecule has 1 aromatic carbocycles. The van der Waals surface area contributed by atoms with Crippen LogP contribution in [0.5, 0.6) is 5.75 Å². The topological polar surface area (TPSA) is 53.1 Å². The van der Waals surface area contributed by atoms with Gasteiger partial charge in [0.15, 0.2) is 11.6 Å². The van der Waals surface area contributed by atoms with Crippen molar-refractivity contribution in [2.24, 2.45) is 7.05 Å². The van der Waals surface area contributed by atoms with Crippen LogP contribution in [0.3, 0.4) is 0 Å². The van der Waals surface area contributed by atoms with Crippen LogP contribution in [0, 0.1) is 5.82 Å². The van der Waals surface area contributed by atoms with Crippen LogP contribution in [-0.4, -0.2) is 16.7 Å². The molecule has 6 heteroatoms. The van der Waals surface area contributed by atoms with Gasteiger partial charge in [0.05, 0.1) is 7.11 Å². The lowest BCUT2D eigenvalue weighted by atomic mass is 10.1. The van der Waals surface area contributed by atoms with Crippen molar-refractivity contribution >= 4 is 17.5 Å². The Hall–Kier alpha value is -1.75. The molecule has 0 unspecified atom stereocenters. The molecule has 1 aromatic heterocycles. The summed E-state index contributed by atoms with van der Waals surface area (Å²) in [6, 6.07) is 4.51. The summed E-state index contributed by atoms with van der Waals surface area (Å²) in [7, 11) is 3.10. The molecule has 0 aliphatic rings. The maximum Gasteiger partial charge on any atom is 0.201 e. The summed E-state index contributed by atoms with van der Waals surface area (Å²) < 4.78 is 19.9. The summed E-state index contributed by atoms with van der Waals surface area (Å²) in [6.45, 7) is 0. The van der Waals surface area contributed by atoms with Gasteiger partial charge in [0.25, 0.3) is 0 Å². The minimum absolute atomic E-state index is 0.175. The van der Waals surface area contributed by atoms with Crippen molar-refractivity contribution in [3.63, 3.8) is 0 Å². The number of imidazole rings is 1. The standard InChI is InChI=1S/C11H11ClFN3O/c1-16-10(12)9(15-11(16)14)6-3-4-8(17-2)7(13)5-6/h3-5H,1-2H3,(H2,14,15). The first kappa shape index (κ1) is 11.7. The third-order valence-electron chi connectivity index (χ3n) is 2.49. The lowest BCUT2D eigenvalue weighted by molar-refractivity contribution is 0.386. The van der Waals surface area contributed by atoms with Crippen LogP contribution in [0.15, 0.2) is 18.2 Å². The number of anilines is 1. The van der Waals surface area contributed by atoms with Gasteiger partial charge in [-0.15, -0.1) is 0 Å². The first-order valence-corrected chi connectivity index (χ1v) is 5.24. The molecular formula is C11H11ClFN3O. The van der Waals surface area contributed by atoms with E-state index < -0.39 is 5.82 Å². The smallest absolute Gasteiger partial charge is 0.201 e. The molecule has 0 fully saturated rings. The number of hydrogen-bond donors (Lipinski definition) is 1. The predicted octanol–water partition coefficient (Wildman–Crippen LogP) is 2.47. The highest BCUT2D eigenvalue weighted by Crippen LogP contribution is 2.31. The molecule has 0 amide bonds. The monoisotopic (exact) mass is 255 g/mol.